The summed E-state index contributed by atoms with van der Waals surface area (Å²) in [4.78, 5) is 30.7. The summed E-state index contributed by atoms with van der Waals surface area (Å²) in [5.41, 5.74) is 1.01. The molecule has 1 N–H and O–H groups in total. The van der Waals surface area contributed by atoms with Crippen molar-refractivity contribution >= 4 is 18.0 Å². The lowest BCUT2D eigenvalue weighted by molar-refractivity contribution is -0.122. The van der Waals surface area contributed by atoms with Crippen molar-refractivity contribution in [2.45, 2.75) is 0 Å². The lowest BCUT2D eigenvalue weighted by atomic mass is 9.95. The van der Waals surface area contributed by atoms with Gasteiger partial charge in [0.05, 0.1) is 0 Å². The molecule has 0 spiro atoms. The Labute approximate surface area is 85.8 Å². The molecule has 1 aliphatic rings. The van der Waals surface area contributed by atoms with Crippen LogP contribution in [0.1, 0.15) is 20.7 Å². The van der Waals surface area contributed by atoms with Crippen molar-refractivity contribution in [1.29, 1.82) is 0 Å². The summed E-state index contributed by atoms with van der Waals surface area (Å²) < 4.78 is 0. The number of carboxylic acid groups (broad SMARTS) is 1. The van der Waals surface area contributed by atoms with Crippen molar-refractivity contribution in [2.75, 3.05) is 0 Å². The summed E-state index contributed by atoms with van der Waals surface area (Å²) >= 11 is 0. The topological polar surface area (TPSA) is 71.4 Å². The molecule has 0 fully saturated rings. The molecule has 4 nitrogen and oxygen atoms in total. The zero-order valence-corrected chi connectivity index (χ0v) is 7.71. The van der Waals surface area contributed by atoms with E-state index >= 15 is 0 Å². The van der Waals surface area contributed by atoms with Gasteiger partial charge in [-0.1, -0.05) is 24.3 Å². The predicted molar refractivity (Wildman–Crippen MR) is 52.9 cm³/mol. The number of ketones is 2. The van der Waals surface area contributed by atoms with Crippen LogP contribution in [0.5, 0.6) is 0 Å². The van der Waals surface area contributed by atoms with Crippen LogP contribution in [0.2, 0.25) is 0 Å². The largest absolute Gasteiger partial charge is 0.483 e. The van der Waals surface area contributed by atoms with Crippen molar-refractivity contribution < 1.29 is 19.5 Å². The van der Waals surface area contributed by atoms with Gasteiger partial charge < -0.3 is 5.11 Å². The van der Waals surface area contributed by atoms with E-state index in [4.69, 9.17) is 9.90 Å². The number of allylic oxidation sites excluding steroid dienone is 2. The lowest BCUT2D eigenvalue weighted by Crippen LogP contribution is -2.10. The van der Waals surface area contributed by atoms with Gasteiger partial charge in [-0.05, 0) is 12.2 Å². The molecule has 0 atom stereocenters. The number of hydrogen-bond donors (Lipinski definition) is 1. The van der Waals surface area contributed by atoms with Gasteiger partial charge in [0.15, 0.2) is 11.6 Å². The molecule has 0 aromatic heterocycles. The molecule has 4 heteroatoms. The van der Waals surface area contributed by atoms with E-state index in [1.54, 1.807) is 24.3 Å². The fourth-order valence-electron chi connectivity index (χ4n) is 1.24. The highest BCUT2D eigenvalue weighted by Crippen LogP contribution is 2.15. The van der Waals surface area contributed by atoms with Crippen molar-refractivity contribution in [3.8, 4) is 0 Å². The van der Waals surface area contributed by atoms with Crippen molar-refractivity contribution in [3.63, 3.8) is 0 Å². The highest BCUT2D eigenvalue weighted by molar-refractivity contribution is 6.21. The maximum Gasteiger partial charge on any atom is 0.290 e. The molecular formula is C11H8O4. The van der Waals surface area contributed by atoms with Gasteiger partial charge in [0.1, 0.15) is 0 Å². The Morgan fingerprint density at radius 2 is 1.27 bits per heavy atom. The third-order valence-electron chi connectivity index (χ3n) is 1.84. The molecule has 2 rings (SSSR count). The van der Waals surface area contributed by atoms with E-state index in [0.717, 1.165) is 0 Å². The Morgan fingerprint density at radius 1 is 0.933 bits per heavy atom. The van der Waals surface area contributed by atoms with E-state index < -0.39 is 0 Å². The van der Waals surface area contributed by atoms with Crippen LogP contribution in [-0.2, 0) is 4.79 Å². The molecule has 0 radical (unpaired) electrons. The van der Waals surface area contributed by atoms with Crippen LogP contribution in [0.25, 0.3) is 0 Å². The van der Waals surface area contributed by atoms with Crippen LogP contribution in [0.4, 0.5) is 0 Å². The first-order chi connectivity index (χ1) is 7.20. The molecule has 0 saturated heterocycles. The van der Waals surface area contributed by atoms with E-state index in [0.29, 0.717) is 11.1 Å². The van der Waals surface area contributed by atoms with Crippen molar-refractivity contribution in [3.05, 3.63) is 47.5 Å². The molecule has 15 heavy (non-hydrogen) atoms. The van der Waals surface area contributed by atoms with Crippen LogP contribution >= 0.6 is 0 Å². The Balaban J connectivity index is 0.000000337. The highest BCUT2D eigenvalue weighted by atomic mass is 16.3. The van der Waals surface area contributed by atoms with Crippen LogP contribution in [0.15, 0.2) is 36.4 Å². The van der Waals surface area contributed by atoms with Crippen molar-refractivity contribution in [1.82, 2.24) is 0 Å². The molecule has 76 valence electrons. The van der Waals surface area contributed by atoms with E-state index in [9.17, 15) is 9.59 Å². The van der Waals surface area contributed by atoms with E-state index in [-0.39, 0.29) is 18.0 Å². The van der Waals surface area contributed by atoms with Gasteiger partial charge in [-0.25, -0.2) is 0 Å². The minimum absolute atomic E-state index is 0.0924. The molecule has 1 aliphatic carbocycles. The monoisotopic (exact) mass is 204 g/mol. The Kier molecular flexibility index (Phi) is 3.51. The summed E-state index contributed by atoms with van der Waals surface area (Å²) in [5, 5.41) is 6.89. The number of carbonyl (C=O) groups is 3. The van der Waals surface area contributed by atoms with E-state index in [2.05, 4.69) is 0 Å². The SMILES string of the molecule is O=C1C=CC(=O)c2ccccc21.O=CO. The van der Waals surface area contributed by atoms with Gasteiger partial charge in [-0.3, -0.25) is 14.4 Å². The molecule has 0 unspecified atom stereocenters. The van der Waals surface area contributed by atoms with Gasteiger partial charge in [-0.15, -0.1) is 0 Å². The van der Waals surface area contributed by atoms with Crippen LogP contribution in [0, 0.1) is 0 Å². The number of hydrogen-bond acceptors (Lipinski definition) is 3. The first kappa shape index (κ1) is 10.8. The van der Waals surface area contributed by atoms with Crippen molar-refractivity contribution in [2.24, 2.45) is 0 Å². The third-order valence-corrected chi connectivity index (χ3v) is 1.84. The number of fused-ring (bicyclic) bond motifs is 1. The first-order valence-corrected chi connectivity index (χ1v) is 4.14. The Bertz CT molecular complexity index is 395. The molecular weight excluding hydrogens is 196 g/mol. The zero-order chi connectivity index (χ0) is 11.3. The fraction of sp³-hybridized carbons (Fsp3) is 0. The Hall–Kier alpha value is -2.23. The van der Waals surface area contributed by atoms with Gasteiger partial charge >= 0.3 is 0 Å². The standard InChI is InChI=1S/C10H6O2.CH2O2/c11-9-5-6-10(12)8-4-2-1-3-7(8)9;2-1-3/h1-6H;1H,(H,2,3). The van der Waals surface area contributed by atoms with Crippen LogP contribution < -0.4 is 0 Å². The number of carbonyl (C=O) groups excluding carboxylic acids is 2. The smallest absolute Gasteiger partial charge is 0.290 e. The molecule has 1 aromatic carbocycles. The van der Waals surface area contributed by atoms with Gasteiger partial charge in [0.2, 0.25) is 0 Å². The molecule has 0 heterocycles. The minimum Gasteiger partial charge on any atom is -0.483 e. The molecule has 0 bridgehead atoms. The Morgan fingerprint density at radius 3 is 1.60 bits per heavy atom. The summed E-state index contributed by atoms with van der Waals surface area (Å²) in [5.74, 6) is -0.185. The van der Waals surface area contributed by atoms with Crippen LogP contribution in [-0.4, -0.2) is 23.1 Å². The molecule has 0 aliphatic heterocycles. The van der Waals surface area contributed by atoms with E-state index in [1.807, 2.05) is 0 Å². The predicted octanol–water partition coefficient (Wildman–Crippen LogP) is 1.32. The average Bonchev–Trinajstić information content (AvgIpc) is 2.25. The maximum absolute atomic E-state index is 11.2. The highest BCUT2D eigenvalue weighted by Gasteiger charge is 2.16. The van der Waals surface area contributed by atoms with Crippen LogP contribution in [0.3, 0.4) is 0 Å². The molecule has 1 aromatic rings. The second-order valence-electron chi connectivity index (χ2n) is 2.71. The molecule has 0 amide bonds. The van der Waals surface area contributed by atoms with Gasteiger partial charge in [0.25, 0.3) is 6.47 Å². The van der Waals surface area contributed by atoms with E-state index in [1.165, 1.54) is 12.2 Å². The summed E-state index contributed by atoms with van der Waals surface area (Å²) in [6.07, 6.45) is 2.62. The average molecular weight is 204 g/mol. The lowest BCUT2D eigenvalue weighted by Gasteiger charge is -2.06. The number of rotatable bonds is 0. The second-order valence-corrected chi connectivity index (χ2v) is 2.71. The normalized spacial score (nSPS) is 12.5. The minimum atomic E-state index is -0.250. The summed E-state index contributed by atoms with van der Waals surface area (Å²) in [7, 11) is 0. The third kappa shape index (κ3) is 2.37. The summed E-state index contributed by atoms with van der Waals surface area (Å²) in [6.45, 7) is -0.250. The summed E-state index contributed by atoms with van der Waals surface area (Å²) in [6, 6.07) is 6.84. The van der Waals surface area contributed by atoms with Gasteiger partial charge in [0, 0.05) is 11.1 Å². The maximum atomic E-state index is 11.2. The number of benzene rings is 1. The fourth-order valence-corrected chi connectivity index (χ4v) is 1.24. The first-order valence-electron chi connectivity index (χ1n) is 4.14. The quantitative estimate of drug-likeness (QED) is 0.647. The molecule has 0 saturated carbocycles. The second kappa shape index (κ2) is 4.85. The zero-order valence-electron chi connectivity index (χ0n) is 7.71. The van der Waals surface area contributed by atoms with Gasteiger partial charge in [-0.2, -0.15) is 0 Å².